The molecule has 2 rings (SSSR count). The van der Waals surface area contributed by atoms with Crippen LogP contribution in [0.1, 0.15) is 36.2 Å². The fraction of sp³-hybridized carbons (Fsp3) is 0.222. The molecule has 2 aromatic carbocycles. The summed E-state index contributed by atoms with van der Waals surface area (Å²) in [5.41, 5.74) is 3.35. The van der Waals surface area contributed by atoms with Crippen LogP contribution in [-0.2, 0) is 0 Å². The van der Waals surface area contributed by atoms with Gasteiger partial charge in [0.15, 0.2) is 0 Å². The number of non-ortho nitro benzene ring substituents is 1. The standard InChI is InChI=1S/C18H19N3O4/c1-3-13(2)25-17-7-5-4-6-15(17)12-19-20-18(22)14-8-10-16(11-9-14)21(23)24/h4-13H,3H2,1-2H3,(H,20,22)/b19-12-/t13-/m1/s1. The average molecular weight is 341 g/mol. The third kappa shape index (κ3) is 5.13. The molecule has 0 aliphatic carbocycles. The van der Waals surface area contributed by atoms with Crippen LogP contribution in [0, 0.1) is 10.1 Å². The van der Waals surface area contributed by atoms with Gasteiger partial charge in [0.25, 0.3) is 11.6 Å². The van der Waals surface area contributed by atoms with Crippen molar-refractivity contribution in [2.45, 2.75) is 26.4 Å². The highest BCUT2D eigenvalue weighted by atomic mass is 16.6. The number of amides is 1. The van der Waals surface area contributed by atoms with Crippen molar-refractivity contribution in [1.29, 1.82) is 0 Å². The number of nitro groups is 1. The highest BCUT2D eigenvalue weighted by Gasteiger charge is 2.09. The molecular formula is C18H19N3O4. The number of para-hydroxylation sites is 1. The van der Waals surface area contributed by atoms with Crippen LogP contribution in [0.2, 0.25) is 0 Å². The molecule has 7 nitrogen and oxygen atoms in total. The van der Waals surface area contributed by atoms with Crippen molar-refractivity contribution in [3.63, 3.8) is 0 Å². The summed E-state index contributed by atoms with van der Waals surface area (Å²) >= 11 is 0. The Balaban J connectivity index is 2.03. The summed E-state index contributed by atoms with van der Waals surface area (Å²) in [7, 11) is 0. The van der Waals surface area contributed by atoms with Crippen LogP contribution in [0.5, 0.6) is 5.75 Å². The number of nitrogens with zero attached hydrogens (tertiary/aromatic N) is 2. The van der Waals surface area contributed by atoms with Crippen LogP contribution in [0.15, 0.2) is 53.6 Å². The fourth-order valence-corrected chi connectivity index (χ4v) is 1.95. The van der Waals surface area contributed by atoms with Crippen LogP contribution in [0.25, 0.3) is 0 Å². The maximum absolute atomic E-state index is 12.0. The molecule has 0 bridgehead atoms. The first-order valence-electron chi connectivity index (χ1n) is 7.84. The lowest BCUT2D eigenvalue weighted by molar-refractivity contribution is -0.384. The van der Waals surface area contributed by atoms with Gasteiger partial charge in [-0.3, -0.25) is 14.9 Å². The predicted molar refractivity (Wildman–Crippen MR) is 95.0 cm³/mol. The lowest BCUT2D eigenvalue weighted by atomic mass is 10.2. The number of hydrazone groups is 1. The van der Waals surface area contributed by atoms with E-state index in [-0.39, 0.29) is 17.4 Å². The van der Waals surface area contributed by atoms with E-state index in [2.05, 4.69) is 10.5 Å². The van der Waals surface area contributed by atoms with E-state index in [9.17, 15) is 14.9 Å². The van der Waals surface area contributed by atoms with E-state index in [1.165, 1.54) is 30.5 Å². The number of rotatable bonds is 7. The Morgan fingerprint density at radius 3 is 2.60 bits per heavy atom. The molecule has 1 atom stereocenters. The summed E-state index contributed by atoms with van der Waals surface area (Å²) in [5, 5.41) is 14.5. The molecule has 2 aromatic rings. The highest BCUT2D eigenvalue weighted by Crippen LogP contribution is 2.18. The third-order valence-corrected chi connectivity index (χ3v) is 3.53. The number of hydrogen-bond donors (Lipinski definition) is 1. The minimum absolute atomic E-state index is 0.0730. The Morgan fingerprint density at radius 1 is 1.28 bits per heavy atom. The molecule has 1 amide bonds. The second kappa shape index (κ2) is 8.58. The summed E-state index contributed by atoms with van der Waals surface area (Å²) in [6.07, 6.45) is 2.45. The van der Waals surface area contributed by atoms with Crippen molar-refractivity contribution in [2.24, 2.45) is 5.10 Å². The van der Waals surface area contributed by atoms with E-state index < -0.39 is 10.8 Å². The third-order valence-electron chi connectivity index (χ3n) is 3.53. The monoisotopic (exact) mass is 341 g/mol. The number of carbonyl (C=O) groups excluding carboxylic acids is 1. The van der Waals surface area contributed by atoms with Gasteiger partial charge in [-0.1, -0.05) is 19.1 Å². The SMILES string of the molecule is CC[C@@H](C)Oc1ccccc1/C=N\NC(=O)c1ccc([N+](=O)[O-])cc1. The Bertz CT molecular complexity index is 772. The van der Waals surface area contributed by atoms with Crippen molar-refractivity contribution in [3.05, 3.63) is 69.8 Å². The van der Waals surface area contributed by atoms with Gasteiger partial charge in [0.2, 0.25) is 0 Å². The van der Waals surface area contributed by atoms with E-state index in [0.29, 0.717) is 5.75 Å². The lowest BCUT2D eigenvalue weighted by Gasteiger charge is -2.14. The zero-order valence-electron chi connectivity index (χ0n) is 14.0. The van der Waals surface area contributed by atoms with Gasteiger partial charge in [-0.2, -0.15) is 5.10 Å². The van der Waals surface area contributed by atoms with Crippen LogP contribution in [-0.4, -0.2) is 23.1 Å². The molecule has 0 aromatic heterocycles. The van der Waals surface area contributed by atoms with Gasteiger partial charge >= 0.3 is 0 Å². The van der Waals surface area contributed by atoms with Gasteiger partial charge in [-0.15, -0.1) is 0 Å². The molecule has 0 saturated carbocycles. The molecule has 130 valence electrons. The van der Waals surface area contributed by atoms with Gasteiger partial charge in [0.1, 0.15) is 5.75 Å². The Kier molecular flexibility index (Phi) is 6.22. The summed E-state index contributed by atoms with van der Waals surface area (Å²) in [5.74, 6) is 0.233. The van der Waals surface area contributed by atoms with E-state index in [4.69, 9.17) is 4.74 Å². The molecule has 0 spiro atoms. The van der Waals surface area contributed by atoms with Crippen molar-refractivity contribution < 1.29 is 14.5 Å². The molecule has 0 radical (unpaired) electrons. The predicted octanol–water partition coefficient (Wildman–Crippen LogP) is 3.54. The average Bonchev–Trinajstić information content (AvgIpc) is 2.63. The number of ether oxygens (including phenoxy) is 1. The number of carbonyl (C=O) groups is 1. The summed E-state index contributed by atoms with van der Waals surface area (Å²) in [6, 6.07) is 12.7. The molecule has 0 aliphatic heterocycles. The first kappa shape index (κ1) is 18.1. The van der Waals surface area contributed by atoms with Crippen molar-refractivity contribution in [1.82, 2.24) is 5.43 Å². The maximum Gasteiger partial charge on any atom is 0.271 e. The van der Waals surface area contributed by atoms with E-state index >= 15 is 0 Å². The Labute approximate surface area is 145 Å². The number of hydrogen-bond acceptors (Lipinski definition) is 5. The topological polar surface area (TPSA) is 93.8 Å². The number of benzene rings is 2. The molecule has 0 fully saturated rings. The minimum Gasteiger partial charge on any atom is -0.490 e. The second-order valence-electron chi connectivity index (χ2n) is 5.38. The normalized spacial score (nSPS) is 11.9. The second-order valence-corrected chi connectivity index (χ2v) is 5.38. The highest BCUT2D eigenvalue weighted by molar-refractivity contribution is 5.95. The van der Waals surface area contributed by atoms with E-state index in [1.54, 1.807) is 0 Å². The molecule has 0 unspecified atom stereocenters. The summed E-state index contributed by atoms with van der Waals surface area (Å²) in [4.78, 5) is 22.1. The fourth-order valence-electron chi connectivity index (χ4n) is 1.95. The number of nitrogens with one attached hydrogen (secondary N) is 1. The van der Waals surface area contributed by atoms with Gasteiger partial charge in [0, 0.05) is 23.3 Å². The Morgan fingerprint density at radius 2 is 1.96 bits per heavy atom. The molecule has 0 saturated heterocycles. The van der Waals surface area contributed by atoms with Crippen molar-refractivity contribution in [2.75, 3.05) is 0 Å². The van der Waals surface area contributed by atoms with Gasteiger partial charge in [-0.25, -0.2) is 5.43 Å². The van der Waals surface area contributed by atoms with Gasteiger partial charge in [0.05, 0.1) is 17.2 Å². The Hall–Kier alpha value is -3.22. The maximum atomic E-state index is 12.0. The first-order chi connectivity index (χ1) is 12.0. The zero-order valence-corrected chi connectivity index (χ0v) is 14.0. The first-order valence-corrected chi connectivity index (χ1v) is 7.84. The molecule has 7 heteroatoms. The molecule has 1 N–H and O–H groups in total. The van der Waals surface area contributed by atoms with Crippen molar-refractivity contribution >= 4 is 17.8 Å². The molecule has 0 aliphatic rings. The van der Waals surface area contributed by atoms with E-state index in [0.717, 1.165) is 12.0 Å². The summed E-state index contributed by atoms with van der Waals surface area (Å²) in [6.45, 7) is 4.01. The minimum atomic E-state index is -0.520. The van der Waals surface area contributed by atoms with Crippen LogP contribution >= 0.6 is 0 Å². The number of nitro benzene ring substituents is 1. The molecule has 25 heavy (non-hydrogen) atoms. The van der Waals surface area contributed by atoms with Crippen LogP contribution in [0.3, 0.4) is 0 Å². The van der Waals surface area contributed by atoms with E-state index in [1.807, 2.05) is 38.1 Å². The van der Waals surface area contributed by atoms with Crippen molar-refractivity contribution in [3.8, 4) is 5.75 Å². The quantitative estimate of drug-likeness (QED) is 0.473. The lowest BCUT2D eigenvalue weighted by Crippen LogP contribution is -2.17. The smallest absolute Gasteiger partial charge is 0.271 e. The van der Waals surface area contributed by atoms with Gasteiger partial charge in [-0.05, 0) is 37.6 Å². The van der Waals surface area contributed by atoms with Crippen LogP contribution < -0.4 is 10.2 Å². The summed E-state index contributed by atoms with van der Waals surface area (Å²) < 4.78 is 5.80. The molecule has 0 heterocycles. The van der Waals surface area contributed by atoms with Crippen LogP contribution in [0.4, 0.5) is 5.69 Å². The van der Waals surface area contributed by atoms with Gasteiger partial charge < -0.3 is 4.74 Å². The zero-order chi connectivity index (χ0) is 18.2. The molecular weight excluding hydrogens is 322 g/mol. The largest absolute Gasteiger partial charge is 0.490 e.